The highest BCUT2D eigenvalue weighted by Gasteiger charge is 2.28. The van der Waals surface area contributed by atoms with E-state index in [4.69, 9.17) is 9.47 Å². The number of nitrogens with one attached hydrogen (secondary N) is 2. The fraction of sp³-hybridized carbons (Fsp3) is 0.190. The van der Waals surface area contributed by atoms with Crippen LogP contribution in [0.5, 0.6) is 5.75 Å². The molecule has 29 heavy (non-hydrogen) atoms. The highest BCUT2D eigenvalue weighted by molar-refractivity contribution is 14.1. The maximum Gasteiger partial charge on any atom is 0.291 e. The van der Waals surface area contributed by atoms with E-state index in [0.717, 1.165) is 3.57 Å². The molecule has 1 amide bonds. The molecule has 3 rings (SSSR count). The van der Waals surface area contributed by atoms with Gasteiger partial charge in [0.15, 0.2) is 11.5 Å². The molecule has 0 aromatic heterocycles. The van der Waals surface area contributed by atoms with E-state index in [1.54, 1.807) is 43.5 Å². The number of hydrazone groups is 1. The normalized spacial score (nSPS) is 13.7. The van der Waals surface area contributed by atoms with Crippen molar-refractivity contribution in [2.24, 2.45) is 5.10 Å². The van der Waals surface area contributed by atoms with Crippen LogP contribution in [0.3, 0.4) is 0 Å². The average molecular weight is 505 g/mol. The third-order valence-corrected chi connectivity index (χ3v) is 4.91. The largest absolute Gasteiger partial charge is 0.497 e. The molecule has 0 aliphatic carbocycles. The molecule has 0 fully saturated rings. The van der Waals surface area contributed by atoms with Gasteiger partial charge < -0.3 is 14.8 Å². The van der Waals surface area contributed by atoms with Crippen molar-refractivity contribution in [1.29, 1.82) is 0 Å². The van der Waals surface area contributed by atoms with Crippen LogP contribution < -0.4 is 15.5 Å². The van der Waals surface area contributed by atoms with E-state index >= 15 is 0 Å². The van der Waals surface area contributed by atoms with Gasteiger partial charge in [0, 0.05) is 28.2 Å². The number of nitrogens with zero attached hydrogens (tertiary/aromatic N) is 1. The molecule has 1 aliphatic heterocycles. The van der Waals surface area contributed by atoms with Gasteiger partial charge in [-0.15, -0.1) is 0 Å². The summed E-state index contributed by atoms with van der Waals surface area (Å²) < 4.78 is 11.7. The van der Waals surface area contributed by atoms with Crippen molar-refractivity contribution in [2.45, 2.75) is 13.3 Å². The van der Waals surface area contributed by atoms with Gasteiger partial charge in [-0.3, -0.25) is 15.0 Å². The number of ketones is 1. The Kier molecular flexibility index (Phi) is 6.86. The van der Waals surface area contributed by atoms with Crippen LogP contribution in [0.1, 0.15) is 13.3 Å². The Morgan fingerprint density at radius 2 is 1.72 bits per heavy atom. The molecule has 1 aliphatic rings. The van der Waals surface area contributed by atoms with Gasteiger partial charge in [-0.2, -0.15) is 5.10 Å². The number of Topliss-reactive ketones (excluding diaryl/α,β-unsaturated/α-hetero) is 1. The molecule has 0 spiro atoms. The maximum atomic E-state index is 12.7. The van der Waals surface area contributed by atoms with Crippen molar-refractivity contribution in [3.8, 4) is 5.75 Å². The molecule has 2 N–H and O–H groups in total. The van der Waals surface area contributed by atoms with Crippen LogP contribution in [0.25, 0.3) is 0 Å². The Morgan fingerprint density at radius 3 is 2.34 bits per heavy atom. The summed E-state index contributed by atoms with van der Waals surface area (Å²) in [4.78, 5) is 24.9. The lowest BCUT2D eigenvalue weighted by Gasteiger charge is -2.09. The Bertz CT molecular complexity index is 966. The highest BCUT2D eigenvalue weighted by atomic mass is 127. The van der Waals surface area contributed by atoms with E-state index in [1.165, 1.54) is 6.92 Å². The first-order valence-corrected chi connectivity index (χ1v) is 9.97. The van der Waals surface area contributed by atoms with Crippen LogP contribution in [0.15, 0.2) is 65.0 Å². The van der Waals surface area contributed by atoms with E-state index in [9.17, 15) is 9.59 Å². The lowest BCUT2D eigenvalue weighted by Crippen LogP contribution is -2.21. The van der Waals surface area contributed by atoms with Gasteiger partial charge in [0.2, 0.25) is 0 Å². The molecular formula is C21H20IN3O4. The third-order valence-electron chi connectivity index (χ3n) is 4.19. The summed E-state index contributed by atoms with van der Waals surface area (Å²) >= 11 is 2.19. The number of halogens is 1. The van der Waals surface area contributed by atoms with Gasteiger partial charge in [0.25, 0.3) is 5.91 Å². The van der Waals surface area contributed by atoms with Crippen molar-refractivity contribution >= 4 is 51.4 Å². The van der Waals surface area contributed by atoms with Crippen molar-refractivity contribution in [2.75, 3.05) is 24.5 Å². The van der Waals surface area contributed by atoms with Gasteiger partial charge in [0.1, 0.15) is 11.5 Å². The number of ether oxygens (including phenoxy) is 2. The fourth-order valence-corrected chi connectivity index (χ4v) is 3.11. The van der Waals surface area contributed by atoms with Crippen molar-refractivity contribution in [3.63, 3.8) is 0 Å². The van der Waals surface area contributed by atoms with Gasteiger partial charge in [0.05, 0.1) is 19.4 Å². The monoisotopic (exact) mass is 505 g/mol. The first-order chi connectivity index (χ1) is 14.0. The molecule has 7 nitrogen and oxygen atoms in total. The molecular weight excluding hydrogens is 485 g/mol. The number of carbonyl (C=O) groups excluding carboxylic acids is 2. The third kappa shape index (κ3) is 5.35. The minimum atomic E-state index is -0.405. The molecule has 150 valence electrons. The number of hydrogen-bond donors (Lipinski definition) is 2. The zero-order valence-electron chi connectivity index (χ0n) is 16.0. The second-order valence-electron chi connectivity index (χ2n) is 6.22. The van der Waals surface area contributed by atoms with Crippen LogP contribution in [0.4, 0.5) is 11.4 Å². The number of amides is 1. The maximum absolute atomic E-state index is 12.7. The number of carbonyl (C=O) groups is 2. The molecule has 8 heteroatoms. The van der Waals surface area contributed by atoms with Crippen LogP contribution >= 0.6 is 22.6 Å². The van der Waals surface area contributed by atoms with Crippen molar-refractivity contribution in [1.82, 2.24) is 0 Å². The van der Waals surface area contributed by atoms with Crippen LogP contribution in [-0.2, 0) is 14.3 Å². The molecule has 2 aromatic rings. The van der Waals surface area contributed by atoms with E-state index in [2.05, 4.69) is 38.4 Å². The zero-order valence-corrected chi connectivity index (χ0v) is 18.1. The minimum absolute atomic E-state index is 0.119. The lowest BCUT2D eigenvalue weighted by molar-refractivity contribution is -0.115. The summed E-state index contributed by atoms with van der Waals surface area (Å²) in [5, 5.41) is 7.04. The summed E-state index contributed by atoms with van der Waals surface area (Å²) in [6.07, 6.45) is 0.429. The van der Waals surface area contributed by atoms with E-state index < -0.39 is 5.91 Å². The van der Waals surface area contributed by atoms with Gasteiger partial charge in [-0.05, 0) is 71.1 Å². The smallest absolute Gasteiger partial charge is 0.291 e. The summed E-state index contributed by atoms with van der Waals surface area (Å²) in [5.74, 6) is 0.171. The molecule has 0 saturated carbocycles. The number of benzene rings is 2. The number of rotatable bonds is 7. The first kappa shape index (κ1) is 20.8. The minimum Gasteiger partial charge on any atom is -0.497 e. The molecule has 0 unspecified atom stereocenters. The van der Waals surface area contributed by atoms with E-state index in [-0.39, 0.29) is 17.3 Å². The molecule has 0 saturated heterocycles. The summed E-state index contributed by atoms with van der Waals surface area (Å²) in [7, 11) is 1.59. The average Bonchev–Trinajstić information content (AvgIpc) is 3.20. The summed E-state index contributed by atoms with van der Waals surface area (Å²) in [6.45, 7) is 1.73. The van der Waals surface area contributed by atoms with Gasteiger partial charge >= 0.3 is 0 Å². The van der Waals surface area contributed by atoms with Crippen LogP contribution in [-0.4, -0.2) is 31.1 Å². The zero-order chi connectivity index (χ0) is 20.8. The van der Waals surface area contributed by atoms with E-state index in [0.29, 0.717) is 35.7 Å². The van der Waals surface area contributed by atoms with Crippen LogP contribution in [0.2, 0.25) is 0 Å². The first-order valence-electron chi connectivity index (χ1n) is 8.90. The Hall–Kier alpha value is -2.88. The second kappa shape index (κ2) is 9.55. The Balaban J connectivity index is 1.82. The van der Waals surface area contributed by atoms with Gasteiger partial charge in [-0.1, -0.05) is 0 Å². The summed E-state index contributed by atoms with van der Waals surface area (Å²) in [6, 6.07) is 14.5. The Labute approximate surface area is 182 Å². The number of hydrogen-bond acceptors (Lipinski definition) is 6. The molecule has 1 heterocycles. The lowest BCUT2D eigenvalue weighted by atomic mass is 10.0. The molecule has 0 radical (unpaired) electrons. The number of anilines is 2. The van der Waals surface area contributed by atoms with Crippen molar-refractivity contribution in [3.05, 3.63) is 63.4 Å². The molecule has 2 aromatic carbocycles. The Morgan fingerprint density at radius 1 is 1.07 bits per heavy atom. The quantitative estimate of drug-likeness (QED) is 0.338. The second-order valence-corrected chi connectivity index (χ2v) is 7.47. The number of methoxy groups -OCH3 is 1. The molecule has 0 bridgehead atoms. The van der Waals surface area contributed by atoms with Crippen LogP contribution in [0, 0.1) is 3.57 Å². The summed E-state index contributed by atoms with van der Waals surface area (Å²) in [5.41, 5.74) is 4.86. The SMILES string of the molecule is COc1ccc(N/N=C(\C(C)=O)C2=C(C(=O)Nc3ccc(I)cc3)OCC2)cc1. The van der Waals surface area contributed by atoms with Gasteiger partial charge in [-0.25, -0.2) is 0 Å². The predicted molar refractivity (Wildman–Crippen MR) is 120 cm³/mol. The molecule has 0 atom stereocenters. The fourth-order valence-electron chi connectivity index (χ4n) is 2.75. The highest BCUT2D eigenvalue weighted by Crippen LogP contribution is 2.24. The standard InChI is InChI=1S/C21H20IN3O4/c1-13(26)19(25-24-16-7-9-17(28-2)10-8-16)18-11-12-29-20(18)21(27)23-15-5-3-14(22)4-6-15/h3-10,24H,11-12H2,1-2H3,(H,23,27)/b25-19+. The topological polar surface area (TPSA) is 89.0 Å². The predicted octanol–water partition coefficient (Wildman–Crippen LogP) is 3.97. The van der Waals surface area contributed by atoms with E-state index in [1.807, 2.05) is 12.1 Å². The van der Waals surface area contributed by atoms with Crippen molar-refractivity contribution < 1.29 is 19.1 Å².